The minimum atomic E-state index is -5.24. The molecular weight excluding hydrogens is 681 g/mol. The summed E-state index contributed by atoms with van der Waals surface area (Å²) in [5.74, 6) is -0.488. The zero-order chi connectivity index (χ0) is 30.8. The van der Waals surface area contributed by atoms with E-state index in [1.165, 1.54) is 34.4 Å². The number of halogens is 4. The third kappa shape index (κ3) is 5.36. The van der Waals surface area contributed by atoms with Gasteiger partial charge in [0, 0.05) is 0 Å². The van der Waals surface area contributed by atoms with Crippen molar-refractivity contribution in [1.82, 2.24) is 0 Å². The monoisotopic (exact) mass is 718 g/mol. The van der Waals surface area contributed by atoms with Gasteiger partial charge in [-0.1, -0.05) is 0 Å². The first-order chi connectivity index (χ1) is 20.4. The van der Waals surface area contributed by atoms with Crippen molar-refractivity contribution in [3.63, 3.8) is 0 Å². The van der Waals surface area contributed by atoms with Crippen molar-refractivity contribution in [2.24, 2.45) is 11.3 Å². The molecule has 1 atom stereocenters. The van der Waals surface area contributed by atoms with Crippen molar-refractivity contribution in [1.29, 1.82) is 0 Å². The predicted molar refractivity (Wildman–Crippen MR) is 193 cm³/mol. The Bertz CT molecular complexity index is 1890. The summed E-state index contributed by atoms with van der Waals surface area (Å²) in [4.78, 5) is 0. The van der Waals surface area contributed by atoms with Gasteiger partial charge in [0.15, 0.2) is 0 Å². The minimum absolute atomic E-state index is 0. The number of fused-ring (bicyclic) bond motifs is 3. The van der Waals surface area contributed by atoms with Crippen LogP contribution < -0.4 is 9.81 Å². The van der Waals surface area contributed by atoms with E-state index >= 15 is 0 Å². The van der Waals surface area contributed by atoms with Gasteiger partial charge < -0.3 is 0 Å². The molecule has 0 radical (unpaired) electrons. The van der Waals surface area contributed by atoms with E-state index in [0.717, 1.165) is 24.1 Å². The third-order valence-electron chi connectivity index (χ3n) is 9.83. The second kappa shape index (κ2) is 12.3. The van der Waals surface area contributed by atoms with E-state index in [0.29, 0.717) is 0 Å². The first-order valence-electron chi connectivity index (χ1n) is 14.9. The largest absolute Gasteiger partial charge is 0.147 e. The molecule has 0 aliphatic heterocycles. The fourth-order valence-corrected chi connectivity index (χ4v) is 23.9. The van der Waals surface area contributed by atoms with Gasteiger partial charge in [-0.15, -0.1) is 24.8 Å². The summed E-state index contributed by atoms with van der Waals surface area (Å²) in [6, 6.07) is 25.0. The quantitative estimate of drug-likeness (QED) is 0.164. The van der Waals surface area contributed by atoms with E-state index in [2.05, 4.69) is 83.3 Å². The molecule has 2 aliphatic rings. The second-order valence-electron chi connectivity index (χ2n) is 13.3. The number of rotatable bonds is 6. The van der Waals surface area contributed by atoms with Crippen LogP contribution in [0.1, 0.15) is 49.9 Å². The van der Waals surface area contributed by atoms with Crippen LogP contribution in [0.15, 0.2) is 113 Å². The van der Waals surface area contributed by atoms with Crippen LogP contribution in [0.2, 0.25) is 0 Å². The molecule has 0 heterocycles. The summed E-state index contributed by atoms with van der Waals surface area (Å²) >= 11 is -5.24. The van der Waals surface area contributed by atoms with Gasteiger partial charge in [-0.25, -0.2) is 0 Å². The zero-order valence-electron chi connectivity index (χ0n) is 26.3. The van der Waals surface area contributed by atoms with Gasteiger partial charge in [-0.05, 0) is 0 Å². The molecule has 45 heavy (non-hydrogen) atoms. The fourth-order valence-electron chi connectivity index (χ4n) is 7.49. The first-order valence-corrected chi connectivity index (χ1v) is 21.6. The molecule has 0 bridgehead atoms. The molecule has 0 amide bonds. The Morgan fingerprint density at radius 3 is 1.78 bits per heavy atom. The Labute approximate surface area is 279 Å². The van der Waals surface area contributed by atoms with E-state index in [1.54, 1.807) is 24.3 Å². The van der Waals surface area contributed by atoms with Crippen LogP contribution in [0.3, 0.4) is 0 Å². The van der Waals surface area contributed by atoms with Crippen molar-refractivity contribution in [3.05, 3.63) is 147 Å². The Kier molecular flexibility index (Phi) is 9.56. The maximum atomic E-state index is 14.6. The summed E-state index contributed by atoms with van der Waals surface area (Å²) < 4.78 is 39.3. The van der Waals surface area contributed by atoms with E-state index in [4.69, 9.17) is 4.21 Å². The van der Waals surface area contributed by atoms with Crippen LogP contribution in [0, 0.1) is 23.0 Å². The molecule has 0 nitrogen and oxygen atoms in total. The molecule has 2 aliphatic carbocycles. The third-order valence-corrected chi connectivity index (χ3v) is 26.4. The van der Waals surface area contributed by atoms with Gasteiger partial charge in [-0.2, -0.15) is 0 Å². The van der Waals surface area contributed by atoms with E-state index < -0.39 is 18.3 Å². The summed E-state index contributed by atoms with van der Waals surface area (Å²) in [5.41, 5.74) is 8.14. The van der Waals surface area contributed by atoms with Crippen LogP contribution in [0.5, 0.6) is 0 Å². The molecule has 4 aromatic carbocycles. The molecule has 0 spiro atoms. The molecule has 0 aromatic heterocycles. The number of hydrogen-bond acceptors (Lipinski definition) is 0. The first kappa shape index (κ1) is 34.9. The van der Waals surface area contributed by atoms with Crippen LogP contribution in [0.4, 0.5) is 8.78 Å². The fraction of sp³-hybridized carbons (Fsp3) is 0.175. The van der Waals surface area contributed by atoms with Crippen LogP contribution in [0.25, 0.3) is 23.3 Å². The van der Waals surface area contributed by atoms with Gasteiger partial charge in [0.1, 0.15) is 0 Å². The molecule has 232 valence electrons. The van der Waals surface area contributed by atoms with Crippen LogP contribution in [-0.4, -0.2) is 4.21 Å². The van der Waals surface area contributed by atoms with Gasteiger partial charge in [-0.3, -0.25) is 0 Å². The van der Waals surface area contributed by atoms with Crippen molar-refractivity contribution in [2.45, 2.75) is 34.1 Å². The van der Waals surface area contributed by atoms with Crippen molar-refractivity contribution >= 4 is 51.0 Å². The number of allylic oxidation sites excluding steroid dienone is 4. The predicted octanol–water partition coefficient (Wildman–Crippen LogP) is 9.57. The van der Waals surface area contributed by atoms with Crippen LogP contribution in [-0.2, 0) is 24.7 Å². The average Bonchev–Trinajstić information content (AvgIpc) is 3.57. The van der Waals surface area contributed by atoms with Crippen LogP contribution >= 0.6 is 24.8 Å². The van der Waals surface area contributed by atoms with E-state index in [1.807, 2.05) is 36.4 Å². The summed E-state index contributed by atoms with van der Waals surface area (Å²) in [6.45, 7) is 17.1. The molecule has 0 N–H and O–H groups in total. The zero-order valence-corrected chi connectivity index (χ0v) is 30.4. The Morgan fingerprint density at radius 2 is 1.29 bits per heavy atom. The minimum Gasteiger partial charge on any atom is -0.147 e. The van der Waals surface area contributed by atoms with Gasteiger partial charge >= 0.3 is 257 Å². The smallest absolute Gasteiger partial charge is 0.147 e. The second-order valence-corrected chi connectivity index (χ2v) is 26.1. The van der Waals surface area contributed by atoms with Crippen molar-refractivity contribution in [2.75, 3.05) is 0 Å². The Hall–Kier alpha value is -2.97. The van der Waals surface area contributed by atoms with Crippen molar-refractivity contribution < 1.29 is 27.1 Å². The molecule has 4 aromatic rings. The molecular formula is C40H40Cl2F2Zr. The Morgan fingerprint density at radius 1 is 0.756 bits per heavy atom. The molecule has 5 heteroatoms. The molecule has 0 fully saturated rings. The van der Waals surface area contributed by atoms with Gasteiger partial charge in [0.2, 0.25) is 0 Å². The average molecular weight is 721 g/mol. The van der Waals surface area contributed by atoms with E-state index in [9.17, 15) is 8.78 Å². The standard InChI is InChI=1S/C17H13.C10H15.2C6H4F.CH2.2ClH.Zr/c1-3-12-5-7-14-11-15-8-6-13(4-2)10-17(15)16(14)9-12;1-8-5-6-9(7-8)10(2,3)4;2*7-6-4-2-1-3-5-6;;;;/h3-7,9-10H,1-2,11H2;6-8H,1-4H3;2*2-5H;1H2;2*1H;. The van der Waals surface area contributed by atoms with Gasteiger partial charge in [0.25, 0.3) is 0 Å². The SMILES string of the molecule is C=Cc1ccc2c(c1)-c1cc(C=C)c[c]([Zr](=[CH2])([C]3=CC(C(C)(C)C)=CC3C)([c]3ccc(F)cc3)[c]3ccc(F)cc3)c1C2.Cl.Cl. The Balaban J connectivity index is 0.00000230. The topological polar surface area (TPSA) is 0 Å². The summed E-state index contributed by atoms with van der Waals surface area (Å²) in [6.07, 6.45) is 9.28. The summed E-state index contributed by atoms with van der Waals surface area (Å²) in [7, 11) is 0. The molecule has 0 saturated carbocycles. The number of benzene rings is 4. The number of hydrogen-bond donors (Lipinski definition) is 0. The maximum Gasteiger partial charge on any atom is -0.147 e. The van der Waals surface area contributed by atoms with Gasteiger partial charge in [0.05, 0.1) is 0 Å². The van der Waals surface area contributed by atoms with E-state index in [-0.39, 0.29) is 47.8 Å². The molecule has 6 rings (SSSR count). The maximum absolute atomic E-state index is 14.6. The normalized spacial score (nSPS) is 15.6. The van der Waals surface area contributed by atoms with Crippen molar-refractivity contribution in [3.8, 4) is 11.1 Å². The molecule has 0 saturated heterocycles. The summed E-state index contributed by atoms with van der Waals surface area (Å²) in [5, 5.41) is 0. The molecule has 1 unspecified atom stereocenters.